The molecular formula is C26H18N4O3. The Hall–Kier alpha value is -4.52. The largest absolute Gasteiger partial charge is 0.353 e. The molecule has 7 heteroatoms. The maximum Gasteiger partial charge on any atom is 0.261 e. The summed E-state index contributed by atoms with van der Waals surface area (Å²) < 4.78 is 1.49. The van der Waals surface area contributed by atoms with Crippen LogP contribution in [0.3, 0.4) is 0 Å². The SMILES string of the molecule is O=C1c2ccccc2C(=O)N1CCc1c(-c2cc(=O)n3ccccc3n2)[nH]c2ccccc12. The lowest BCUT2D eigenvalue weighted by atomic mass is 10.1. The Morgan fingerprint density at radius 3 is 2.30 bits per heavy atom. The van der Waals surface area contributed by atoms with Crippen LogP contribution < -0.4 is 5.56 Å². The van der Waals surface area contributed by atoms with Crippen LogP contribution in [0.25, 0.3) is 27.9 Å². The Kier molecular flexibility index (Phi) is 4.23. The molecule has 0 unspecified atom stereocenters. The Morgan fingerprint density at radius 1 is 0.818 bits per heavy atom. The molecule has 1 N–H and O–H groups in total. The van der Waals surface area contributed by atoms with Gasteiger partial charge in [0.15, 0.2) is 0 Å². The molecule has 0 spiro atoms. The number of hydrogen-bond donors (Lipinski definition) is 1. The van der Waals surface area contributed by atoms with E-state index >= 15 is 0 Å². The van der Waals surface area contributed by atoms with Gasteiger partial charge in [0.25, 0.3) is 17.4 Å². The van der Waals surface area contributed by atoms with Crippen LogP contribution in [-0.4, -0.2) is 37.6 Å². The Labute approximate surface area is 187 Å². The van der Waals surface area contributed by atoms with E-state index in [0.29, 0.717) is 28.9 Å². The molecule has 160 valence electrons. The predicted molar refractivity (Wildman–Crippen MR) is 124 cm³/mol. The number of nitrogens with zero attached hydrogens (tertiary/aromatic N) is 3. The Morgan fingerprint density at radius 2 is 1.52 bits per heavy atom. The van der Waals surface area contributed by atoms with Crippen molar-refractivity contribution in [2.24, 2.45) is 0 Å². The standard InChI is InChI=1S/C26H18N4O3/c31-23-15-21(27-22-11-5-6-13-29(22)23)24-17(16-7-3-4-10-20(16)28-24)12-14-30-25(32)18-8-1-2-9-19(18)26(30)33/h1-11,13,15,28H,12,14H2. The molecule has 0 fully saturated rings. The quantitative estimate of drug-likeness (QED) is 0.437. The number of aromatic nitrogens is 3. The number of rotatable bonds is 4. The number of benzene rings is 2. The number of aromatic amines is 1. The second kappa shape index (κ2) is 7.27. The highest BCUT2D eigenvalue weighted by atomic mass is 16.2. The molecule has 2 amide bonds. The van der Waals surface area contributed by atoms with Crippen LogP contribution in [0.4, 0.5) is 0 Å². The number of carbonyl (C=O) groups is 2. The minimum absolute atomic E-state index is 0.180. The van der Waals surface area contributed by atoms with Crippen molar-refractivity contribution in [3.05, 3.63) is 106 Å². The molecule has 33 heavy (non-hydrogen) atoms. The summed E-state index contributed by atoms with van der Waals surface area (Å²) in [4.78, 5) is 47.7. The van der Waals surface area contributed by atoms with Crippen LogP contribution in [0.15, 0.2) is 83.8 Å². The molecule has 0 aliphatic carbocycles. The lowest BCUT2D eigenvalue weighted by Crippen LogP contribution is -2.31. The number of carbonyl (C=O) groups excluding carboxylic acids is 2. The normalized spacial score (nSPS) is 13.3. The van der Waals surface area contributed by atoms with Crippen molar-refractivity contribution in [3.8, 4) is 11.4 Å². The van der Waals surface area contributed by atoms with Gasteiger partial charge in [-0.2, -0.15) is 0 Å². The lowest BCUT2D eigenvalue weighted by molar-refractivity contribution is 0.0656. The van der Waals surface area contributed by atoms with Gasteiger partial charge < -0.3 is 4.98 Å². The first-order valence-electron chi connectivity index (χ1n) is 10.7. The molecule has 1 aliphatic heterocycles. The van der Waals surface area contributed by atoms with Crippen LogP contribution in [0, 0.1) is 0 Å². The molecule has 0 bridgehead atoms. The van der Waals surface area contributed by atoms with Gasteiger partial charge in [0.05, 0.1) is 22.5 Å². The van der Waals surface area contributed by atoms with Crippen molar-refractivity contribution in [1.82, 2.24) is 19.3 Å². The molecular weight excluding hydrogens is 416 g/mol. The van der Waals surface area contributed by atoms with Crippen molar-refractivity contribution in [2.75, 3.05) is 6.54 Å². The third-order valence-electron chi connectivity index (χ3n) is 6.10. The van der Waals surface area contributed by atoms with Crippen LogP contribution in [0.1, 0.15) is 26.3 Å². The topological polar surface area (TPSA) is 87.5 Å². The van der Waals surface area contributed by atoms with Gasteiger partial charge in [0, 0.05) is 29.7 Å². The van der Waals surface area contributed by atoms with Crippen molar-refractivity contribution in [1.29, 1.82) is 0 Å². The van der Waals surface area contributed by atoms with Crippen LogP contribution >= 0.6 is 0 Å². The molecule has 0 saturated heterocycles. The number of H-pyrrole nitrogens is 1. The fourth-order valence-electron chi connectivity index (χ4n) is 4.53. The number of nitrogens with one attached hydrogen (secondary N) is 1. The summed E-state index contributed by atoms with van der Waals surface area (Å²) in [5, 5.41) is 0.971. The van der Waals surface area contributed by atoms with E-state index < -0.39 is 0 Å². The van der Waals surface area contributed by atoms with Gasteiger partial charge in [0.2, 0.25) is 0 Å². The first-order chi connectivity index (χ1) is 16.1. The zero-order chi connectivity index (χ0) is 22.5. The van der Waals surface area contributed by atoms with Crippen molar-refractivity contribution in [2.45, 2.75) is 6.42 Å². The van der Waals surface area contributed by atoms with E-state index in [9.17, 15) is 14.4 Å². The van der Waals surface area contributed by atoms with Crippen molar-refractivity contribution >= 4 is 28.4 Å². The molecule has 2 aromatic carbocycles. The Balaban J connectivity index is 1.43. The van der Waals surface area contributed by atoms with Gasteiger partial charge in [-0.15, -0.1) is 0 Å². The zero-order valence-electron chi connectivity index (χ0n) is 17.5. The van der Waals surface area contributed by atoms with E-state index in [-0.39, 0.29) is 23.9 Å². The molecule has 0 atom stereocenters. The average Bonchev–Trinajstić information content (AvgIpc) is 3.33. The third kappa shape index (κ3) is 2.97. The lowest BCUT2D eigenvalue weighted by Gasteiger charge is -2.14. The molecule has 4 heterocycles. The summed E-state index contributed by atoms with van der Waals surface area (Å²) in [5.41, 5.74) is 4.30. The summed E-state index contributed by atoms with van der Waals surface area (Å²) in [7, 11) is 0. The van der Waals surface area contributed by atoms with Crippen LogP contribution in [0.5, 0.6) is 0 Å². The maximum atomic E-state index is 12.8. The second-order valence-corrected chi connectivity index (χ2v) is 7.99. The van der Waals surface area contributed by atoms with E-state index in [4.69, 9.17) is 0 Å². The number of para-hydroxylation sites is 1. The molecule has 0 radical (unpaired) electrons. The van der Waals surface area contributed by atoms with E-state index in [1.807, 2.05) is 30.3 Å². The van der Waals surface area contributed by atoms with Crippen molar-refractivity contribution < 1.29 is 9.59 Å². The summed E-state index contributed by atoms with van der Waals surface area (Å²) >= 11 is 0. The molecule has 0 saturated carbocycles. The number of imide groups is 1. The summed E-state index contributed by atoms with van der Waals surface area (Å²) in [6.07, 6.45) is 2.11. The second-order valence-electron chi connectivity index (χ2n) is 7.99. The monoisotopic (exact) mass is 434 g/mol. The molecule has 1 aliphatic rings. The highest BCUT2D eigenvalue weighted by Crippen LogP contribution is 2.31. The Bertz CT molecular complexity index is 1610. The van der Waals surface area contributed by atoms with Gasteiger partial charge >= 0.3 is 0 Å². The van der Waals surface area contributed by atoms with E-state index in [1.54, 1.807) is 42.6 Å². The number of amides is 2. The maximum absolute atomic E-state index is 12.8. The van der Waals surface area contributed by atoms with Gasteiger partial charge in [-0.25, -0.2) is 4.98 Å². The first-order valence-corrected chi connectivity index (χ1v) is 10.7. The van der Waals surface area contributed by atoms with Crippen LogP contribution in [-0.2, 0) is 6.42 Å². The zero-order valence-corrected chi connectivity index (χ0v) is 17.5. The van der Waals surface area contributed by atoms with E-state index in [0.717, 1.165) is 22.2 Å². The first kappa shape index (κ1) is 19.2. The smallest absolute Gasteiger partial charge is 0.261 e. The minimum atomic E-state index is -0.279. The van der Waals surface area contributed by atoms with E-state index in [2.05, 4.69) is 9.97 Å². The number of fused-ring (bicyclic) bond motifs is 3. The highest BCUT2D eigenvalue weighted by Gasteiger charge is 2.35. The van der Waals surface area contributed by atoms with Gasteiger partial charge in [-0.3, -0.25) is 23.7 Å². The van der Waals surface area contributed by atoms with E-state index in [1.165, 1.54) is 15.4 Å². The fraction of sp³-hybridized carbons (Fsp3) is 0.0769. The summed E-state index contributed by atoms with van der Waals surface area (Å²) in [5.74, 6) is -0.557. The fourth-order valence-corrected chi connectivity index (χ4v) is 4.53. The third-order valence-corrected chi connectivity index (χ3v) is 6.10. The van der Waals surface area contributed by atoms with Crippen LogP contribution in [0.2, 0.25) is 0 Å². The summed E-state index contributed by atoms with van der Waals surface area (Å²) in [6.45, 7) is 0.230. The van der Waals surface area contributed by atoms with Crippen molar-refractivity contribution in [3.63, 3.8) is 0 Å². The number of hydrogen-bond acceptors (Lipinski definition) is 4. The molecule has 5 aromatic rings. The highest BCUT2D eigenvalue weighted by molar-refractivity contribution is 6.21. The van der Waals surface area contributed by atoms with Gasteiger partial charge in [-0.05, 0) is 42.3 Å². The number of pyridine rings is 1. The predicted octanol–water partition coefficient (Wildman–Crippen LogP) is 3.68. The summed E-state index contributed by atoms with van der Waals surface area (Å²) in [6, 6.07) is 21.6. The average molecular weight is 434 g/mol. The van der Waals surface area contributed by atoms with Gasteiger partial charge in [-0.1, -0.05) is 36.4 Å². The minimum Gasteiger partial charge on any atom is -0.353 e. The molecule has 6 rings (SSSR count). The van der Waals surface area contributed by atoms with Gasteiger partial charge in [0.1, 0.15) is 5.65 Å². The molecule has 7 nitrogen and oxygen atoms in total. The molecule has 3 aromatic heterocycles.